The van der Waals surface area contributed by atoms with Crippen LogP contribution in [-0.2, 0) is 27.7 Å². The molecule has 6 heteroatoms. The zero-order valence-corrected chi connectivity index (χ0v) is 22.7. The smallest absolute Gasteiger partial charge is 0.411 e. The van der Waals surface area contributed by atoms with E-state index in [9.17, 15) is 4.79 Å². The van der Waals surface area contributed by atoms with Crippen molar-refractivity contribution in [2.24, 2.45) is 0 Å². The number of terminal acetylenes is 2. The van der Waals surface area contributed by atoms with Gasteiger partial charge in [-0.15, -0.1) is 12.8 Å². The van der Waals surface area contributed by atoms with E-state index in [0.29, 0.717) is 12.3 Å². The van der Waals surface area contributed by atoms with Gasteiger partial charge in [0.15, 0.2) is 6.61 Å². The Bertz CT molecular complexity index is 1270. The van der Waals surface area contributed by atoms with Gasteiger partial charge < -0.3 is 14.9 Å². The number of carbonyl (C=O) groups is 1. The van der Waals surface area contributed by atoms with E-state index in [0.717, 1.165) is 21.5 Å². The minimum Gasteiger partial charge on any atom is -0.436 e. The molecule has 0 heterocycles. The zero-order chi connectivity index (χ0) is 26.8. The third kappa shape index (κ3) is 7.75. The highest BCUT2D eigenvalue weighted by atomic mass is 28.3. The third-order valence-corrected chi connectivity index (χ3v) is 7.98. The molecule has 0 atom stereocenters. The lowest BCUT2D eigenvalue weighted by atomic mass is 9.87. The average Bonchev–Trinajstić information content (AvgIpc) is 2.88. The second kappa shape index (κ2) is 12.8. The lowest BCUT2D eigenvalue weighted by molar-refractivity contribution is 0.116. The van der Waals surface area contributed by atoms with E-state index in [1.807, 2.05) is 36.4 Å². The van der Waals surface area contributed by atoms with Crippen LogP contribution in [0.4, 0.5) is 10.5 Å². The first-order chi connectivity index (χ1) is 17.7. The predicted molar refractivity (Wildman–Crippen MR) is 152 cm³/mol. The van der Waals surface area contributed by atoms with Gasteiger partial charge in [-0.05, 0) is 44.6 Å². The molecule has 0 aliphatic rings. The SMILES string of the molecule is C#CCOC(=O)N(CC#C)Cc1cc(N)ccc1CO[Si](c1ccccc1)c1ccc(C(C)(C)C)cc1. The Balaban J connectivity index is 1.87. The number of nitrogens with two attached hydrogens (primary N) is 1. The summed E-state index contributed by atoms with van der Waals surface area (Å²) in [4.78, 5) is 13.9. The van der Waals surface area contributed by atoms with Crippen LogP contribution < -0.4 is 16.1 Å². The number of anilines is 1. The highest BCUT2D eigenvalue weighted by Gasteiger charge is 2.22. The van der Waals surface area contributed by atoms with Gasteiger partial charge in [0.1, 0.15) is 0 Å². The molecule has 0 unspecified atom stereocenters. The van der Waals surface area contributed by atoms with E-state index >= 15 is 0 Å². The van der Waals surface area contributed by atoms with E-state index in [-0.39, 0.29) is 25.1 Å². The van der Waals surface area contributed by atoms with Gasteiger partial charge in [0.2, 0.25) is 0 Å². The third-order valence-electron chi connectivity index (χ3n) is 5.83. The van der Waals surface area contributed by atoms with Crippen molar-refractivity contribution in [1.82, 2.24) is 4.90 Å². The first-order valence-corrected chi connectivity index (χ1v) is 13.5. The van der Waals surface area contributed by atoms with Crippen molar-refractivity contribution in [2.45, 2.75) is 39.3 Å². The first kappa shape index (κ1) is 27.6. The normalized spacial score (nSPS) is 11.0. The molecule has 0 aromatic heterocycles. The van der Waals surface area contributed by atoms with Crippen LogP contribution in [0, 0.1) is 24.7 Å². The number of nitrogen functional groups attached to an aromatic ring is 1. The van der Waals surface area contributed by atoms with E-state index in [4.69, 9.17) is 27.7 Å². The monoisotopic (exact) mass is 509 g/mol. The summed E-state index contributed by atoms with van der Waals surface area (Å²) in [7, 11) is -1.54. The average molecular weight is 510 g/mol. The number of amides is 1. The van der Waals surface area contributed by atoms with Crippen molar-refractivity contribution in [3.8, 4) is 24.7 Å². The molecule has 5 nitrogen and oxygen atoms in total. The van der Waals surface area contributed by atoms with Crippen LogP contribution in [0.25, 0.3) is 0 Å². The lowest BCUT2D eigenvalue weighted by Gasteiger charge is -2.23. The number of benzene rings is 3. The quantitative estimate of drug-likeness (QED) is 0.268. The molecule has 1 amide bonds. The lowest BCUT2D eigenvalue weighted by Crippen LogP contribution is -2.45. The summed E-state index contributed by atoms with van der Waals surface area (Å²) in [5, 5.41) is 2.31. The summed E-state index contributed by atoms with van der Waals surface area (Å²) in [5.41, 5.74) is 9.78. The maximum absolute atomic E-state index is 12.5. The van der Waals surface area contributed by atoms with Crippen molar-refractivity contribution < 1.29 is 14.0 Å². The summed E-state index contributed by atoms with van der Waals surface area (Å²) in [6, 6.07) is 24.6. The topological polar surface area (TPSA) is 64.8 Å². The van der Waals surface area contributed by atoms with Crippen LogP contribution in [0.2, 0.25) is 0 Å². The first-order valence-electron chi connectivity index (χ1n) is 12.0. The molecule has 0 saturated carbocycles. The van der Waals surface area contributed by atoms with Crippen molar-refractivity contribution in [3.63, 3.8) is 0 Å². The maximum atomic E-state index is 12.5. The molecular formula is C31H33N2O3Si. The molecular weight excluding hydrogens is 476 g/mol. The zero-order valence-electron chi connectivity index (χ0n) is 21.7. The van der Waals surface area contributed by atoms with Gasteiger partial charge >= 0.3 is 6.09 Å². The van der Waals surface area contributed by atoms with Gasteiger partial charge in [-0.3, -0.25) is 4.90 Å². The van der Waals surface area contributed by atoms with E-state index in [1.54, 1.807) is 0 Å². The van der Waals surface area contributed by atoms with Gasteiger partial charge in [0.05, 0.1) is 19.7 Å². The van der Waals surface area contributed by atoms with Crippen molar-refractivity contribution in [2.75, 3.05) is 18.9 Å². The number of carbonyl (C=O) groups excluding carboxylic acids is 1. The van der Waals surface area contributed by atoms with Crippen LogP contribution >= 0.6 is 0 Å². The molecule has 3 rings (SSSR count). The fourth-order valence-corrected chi connectivity index (χ4v) is 5.75. The molecule has 2 N–H and O–H groups in total. The summed E-state index contributed by atoms with van der Waals surface area (Å²) in [6.45, 7) is 7.15. The number of hydrogen-bond donors (Lipinski definition) is 1. The molecule has 0 saturated heterocycles. The Morgan fingerprint density at radius 1 is 0.946 bits per heavy atom. The van der Waals surface area contributed by atoms with Gasteiger partial charge in [-0.2, -0.15) is 0 Å². The van der Waals surface area contributed by atoms with E-state index < -0.39 is 15.1 Å². The molecule has 0 spiro atoms. The van der Waals surface area contributed by atoms with Gasteiger partial charge in [-0.1, -0.05) is 93.3 Å². The number of nitrogens with zero attached hydrogens (tertiary/aromatic N) is 1. The number of ether oxygens (including phenoxy) is 1. The molecule has 189 valence electrons. The Morgan fingerprint density at radius 2 is 1.62 bits per heavy atom. The van der Waals surface area contributed by atoms with Crippen LogP contribution in [0.3, 0.4) is 0 Å². The van der Waals surface area contributed by atoms with Crippen molar-refractivity contribution >= 4 is 31.2 Å². The standard InChI is InChI=1S/C31H33N2O3Si/c1-6-19-33(30(34)35-20-7-2)22-25-21-27(32)16-13-24(25)23-36-37(28-11-9-8-10-12-28)29-17-14-26(15-18-29)31(3,4)5/h1-2,8-18,21H,19-20,22-23,32H2,3-5H3. The molecule has 0 aliphatic heterocycles. The molecule has 0 aliphatic carbocycles. The Kier molecular flexibility index (Phi) is 9.57. The Hall–Kier alpha value is -3.97. The van der Waals surface area contributed by atoms with E-state index in [2.05, 4.69) is 69.0 Å². The predicted octanol–water partition coefficient (Wildman–Crippen LogP) is 4.09. The minimum absolute atomic E-state index is 0.0730. The summed E-state index contributed by atoms with van der Waals surface area (Å²) < 4.78 is 11.7. The second-order valence-corrected chi connectivity index (χ2v) is 11.8. The fourth-order valence-electron chi connectivity index (χ4n) is 3.82. The molecule has 3 aromatic rings. The van der Waals surface area contributed by atoms with Crippen LogP contribution in [0.15, 0.2) is 72.8 Å². The maximum Gasteiger partial charge on any atom is 0.411 e. The number of rotatable bonds is 9. The van der Waals surface area contributed by atoms with Gasteiger partial charge in [-0.25, -0.2) is 4.79 Å². The summed E-state index contributed by atoms with van der Waals surface area (Å²) >= 11 is 0. The number of hydrogen-bond acceptors (Lipinski definition) is 4. The van der Waals surface area contributed by atoms with Crippen molar-refractivity contribution in [3.05, 3.63) is 89.5 Å². The van der Waals surface area contributed by atoms with E-state index in [1.165, 1.54) is 10.5 Å². The molecule has 0 bridgehead atoms. The Morgan fingerprint density at radius 3 is 2.24 bits per heavy atom. The summed E-state index contributed by atoms with van der Waals surface area (Å²) in [5.74, 6) is 4.80. The molecule has 37 heavy (non-hydrogen) atoms. The molecule has 0 fully saturated rings. The van der Waals surface area contributed by atoms with Gasteiger partial charge in [0, 0.05) is 5.69 Å². The second-order valence-electron chi connectivity index (χ2n) is 9.66. The highest BCUT2D eigenvalue weighted by molar-refractivity contribution is 6.80. The highest BCUT2D eigenvalue weighted by Crippen LogP contribution is 2.21. The van der Waals surface area contributed by atoms with Gasteiger partial charge in [0.25, 0.3) is 9.04 Å². The Labute approximate surface area is 222 Å². The summed E-state index contributed by atoms with van der Waals surface area (Å²) in [6.07, 6.45) is 10.2. The van der Waals surface area contributed by atoms with Crippen LogP contribution in [0.5, 0.6) is 0 Å². The van der Waals surface area contributed by atoms with Crippen LogP contribution in [0.1, 0.15) is 37.5 Å². The largest absolute Gasteiger partial charge is 0.436 e. The molecule has 3 aromatic carbocycles. The minimum atomic E-state index is -1.54. The van der Waals surface area contributed by atoms with Crippen LogP contribution in [-0.4, -0.2) is 33.2 Å². The fraction of sp³-hybridized carbons (Fsp3) is 0.258. The van der Waals surface area contributed by atoms with Crippen molar-refractivity contribution in [1.29, 1.82) is 0 Å². The molecule has 1 radical (unpaired) electrons.